The van der Waals surface area contributed by atoms with Gasteiger partial charge in [-0.15, -0.1) is 0 Å². The van der Waals surface area contributed by atoms with E-state index in [1.54, 1.807) is 12.4 Å². The minimum absolute atomic E-state index is 0.204. The summed E-state index contributed by atoms with van der Waals surface area (Å²) in [6.07, 6.45) is 3.50. The lowest BCUT2D eigenvalue weighted by atomic mass is 10.0. The summed E-state index contributed by atoms with van der Waals surface area (Å²) in [7, 11) is 0. The largest absolute Gasteiger partial charge is 0.341 e. The third-order valence-electron chi connectivity index (χ3n) is 2.49. The number of benzene rings is 1. The zero-order chi connectivity index (χ0) is 13.0. The number of hydrogen-bond donors (Lipinski definition) is 1. The molecule has 2 rings (SSSR count). The molecule has 0 amide bonds. The molecule has 0 unspecified atom stereocenters. The van der Waals surface area contributed by atoms with E-state index < -0.39 is 0 Å². The minimum Gasteiger partial charge on any atom is -0.341 e. The molecule has 0 aliphatic heterocycles. The average molecular weight is 303 g/mol. The highest BCUT2D eigenvalue weighted by molar-refractivity contribution is 9.10. The van der Waals surface area contributed by atoms with Crippen LogP contribution in [0.5, 0.6) is 0 Å². The molecule has 0 atom stereocenters. The Hall–Kier alpha value is -1.93. The van der Waals surface area contributed by atoms with Crippen LogP contribution in [-0.4, -0.2) is 16.5 Å². The highest BCUT2D eigenvalue weighted by Crippen LogP contribution is 2.25. The third kappa shape index (κ3) is 2.84. The summed E-state index contributed by atoms with van der Waals surface area (Å²) in [4.78, 5) is 8.35. The van der Waals surface area contributed by atoms with Gasteiger partial charge in [0.2, 0.25) is 5.95 Å². The van der Waals surface area contributed by atoms with Crippen LogP contribution >= 0.6 is 15.9 Å². The molecule has 2 aromatic rings. The molecular weight excluding hydrogens is 292 g/mol. The predicted octanol–water partition coefficient (Wildman–Crippen LogP) is 3.15. The summed E-state index contributed by atoms with van der Waals surface area (Å²) < 4.78 is 1.02. The number of nitriles is 1. The van der Waals surface area contributed by atoms with Gasteiger partial charge < -0.3 is 5.32 Å². The SMILES string of the molecule is Cc1ccc(Br)cc1-c1cnc(NCC#N)nc1. The Kier molecular flexibility index (Phi) is 3.90. The van der Waals surface area contributed by atoms with Crippen molar-refractivity contribution in [1.82, 2.24) is 9.97 Å². The lowest BCUT2D eigenvalue weighted by Crippen LogP contribution is -2.02. The highest BCUT2D eigenvalue weighted by Gasteiger charge is 2.04. The van der Waals surface area contributed by atoms with Crippen LogP contribution in [0.3, 0.4) is 0 Å². The second-order valence-electron chi connectivity index (χ2n) is 3.77. The molecule has 18 heavy (non-hydrogen) atoms. The molecule has 4 nitrogen and oxygen atoms in total. The van der Waals surface area contributed by atoms with Crippen LogP contribution in [0.25, 0.3) is 11.1 Å². The molecule has 0 aliphatic rings. The summed E-state index contributed by atoms with van der Waals surface area (Å²) >= 11 is 3.45. The van der Waals surface area contributed by atoms with E-state index in [0.717, 1.165) is 15.6 Å². The number of aryl methyl sites for hydroxylation is 1. The Morgan fingerprint density at radius 2 is 2.06 bits per heavy atom. The van der Waals surface area contributed by atoms with Gasteiger partial charge in [0.05, 0.1) is 6.07 Å². The summed E-state index contributed by atoms with van der Waals surface area (Å²) in [5, 5.41) is 11.3. The van der Waals surface area contributed by atoms with Crippen LogP contribution in [0.4, 0.5) is 5.95 Å². The first kappa shape index (κ1) is 12.5. The molecule has 0 saturated heterocycles. The first-order valence-electron chi connectivity index (χ1n) is 5.40. The number of aromatic nitrogens is 2. The van der Waals surface area contributed by atoms with Crippen molar-refractivity contribution in [2.24, 2.45) is 0 Å². The zero-order valence-electron chi connectivity index (χ0n) is 9.81. The fourth-order valence-electron chi connectivity index (χ4n) is 1.58. The first-order chi connectivity index (χ1) is 8.70. The molecule has 0 aliphatic carbocycles. The molecule has 0 bridgehead atoms. The Labute approximate surface area is 114 Å². The molecule has 0 radical (unpaired) electrons. The van der Waals surface area contributed by atoms with E-state index in [1.165, 1.54) is 5.56 Å². The normalized spacial score (nSPS) is 9.83. The van der Waals surface area contributed by atoms with Crippen LogP contribution in [0.15, 0.2) is 35.1 Å². The third-order valence-corrected chi connectivity index (χ3v) is 2.98. The molecular formula is C13H11BrN4. The minimum atomic E-state index is 0.204. The smallest absolute Gasteiger partial charge is 0.223 e. The van der Waals surface area contributed by atoms with Crippen molar-refractivity contribution in [3.05, 3.63) is 40.6 Å². The fourth-order valence-corrected chi connectivity index (χ4v) is 1.94. The van der Waals surface area contributed by atoms with Crippen LogP contribution in [-0.2, 0) is 0 Å². The summed E-state index contributed by atoms with van der Waals surface area (Å²) in [5.74, 6) is 0.466. The molecule has 1 N–H and O–H groups in total. The van der Waals surface area contributed by atoms with E-state index in [2.05, 4.69) is 31.2 Å². The monoisotopic (exact) mass is 302 g/mol. The lowest BCUT2D eigenvalue weighted by Gasteiger charge is -2.07. The molecule has 1 aromatic carbocycles. The average Bonchev–Trinajstić information content (AvgIpc) is 2.40. The van der Waals surface area contributed by atoms with Crippen molar-refractivity contribution < 1.29 is 0 Å². The molecule has 0 fully saturated rings. The molecule has 0 saturated carbocycles. The number of nitrogens with one attached hydrogen (secondary N) is 1. The fraction of sp³-hybridized carbons (Fsp3) is 0.154. The van der Waals surface area contributed by atoms with Crippen LogP contribution in [0.1, 0.15) is 5.56 Å². The van der Waals surface area contributed by atoms with Crippen molar-refractivity contribution >= 4 is 21.9 Å². The van der Waals surface area contributed by atoms with Crippen molar-refractivity contribution in [3.8, 4) is 17.2 Å². The van der Waals surface area contributed by atoms with E-state index >= 15 is 0 Å². The van der Waals surface area contributed by atoms with Crippen molar-refractivity contribution in [2.75, 3.05) is 11.9 Å². The summed E-state index contributed by atoms with van der Waals surface area (Å²) in [6.45, 7) is 2.25. The number of anilines is 1. The molecule has 90 valence electrons. The van der Waals surface area contributed by atoms with Gasteiger partial charge in [0, 0.05) is 22.4 Å². The standard InChI is InChI=1S/C13H11BrN4/c1-9-2-3-11(14)6-12(9)10-7-17-13(18-8-10)16-5-4-15/h2-3,6-8H,5H2,1H3,(H,16,17,18). The Balaban J connectivity index is 2.29. The van der Waals surface area contributed by atoms with Crippen LogP contribution < -0.4 is 5.32 Å². The van der Waals surface area contributed by atoms with E-state index in [0.29, 0.717) is 5.95 Å². The van der Waals surface area contributed by atoms with Crippen LogP contribution in [0.2, 0.25) is 0 Å². The Morgan fingerprint density at radius 3 is 2.72 bits per heavy atom. The quantitative estimate of drug-likeness (QED) is 0.885. The van der Waals surface area contributed by atoms with Gasteiger partial charge in [0.1, 0.15) is 6.54 Å². The van der Waals surface area contributed by atoms with E-state index in [9.17, 15) is 0 Å². The Bertz CT molecular complexity index is 587. The maximum Gasteiger partial charge on any atom is 0.223 e. The van der Waals surface area contributed by atoms with Gasteiger partial charge >= 0.3 is 0 Å². The van der Waals surface area contributed by atoms with E-state index in [4.69, 9.17) is 5.26 Å². The zero-order valence-corrected chi connectivity index (χ0v) is 11.4. The molecule has 5 heteroatoms. The molecule has 0 spiro atoms. The van der Waals surface area contributed by atoms with Crippen LogP contribution in [0, 0.1) is 18.3 Å². The topological polar surface area (TPSA) is 61.6 Å². The molecule has 1 aromatic heterocycles. The second kappa shape index (κ2) is 5.61. The van der Waals surface area contributed by atoms with Gasteiger partial charge in [0.25, 0.3) is 0 Å². The highest BCUT2D eigenvalue weighted by atomic mass is 79.9. The number of rotatable bonds is 3. The number of nitrogens with zero attached hydrogens (tertiary/aromatic N) is 3. The molecule has 1 heterocycles. The van der Waals surface area contributed by atoms with E-state index in [1.807, 2.05) is 31.2 Å². The van der Waals surface area contributed by atoms with Gasteiger partial charge in [-0.25, -0.2) is 9.97 Å². The predicted molar refractivity (Wildman–Crippen MR) is 74.0 cm³/mol. The maximum atomic E-state index is 8.45. The lowest BCUT2D eigenvalue weighted by molar-refractivity contribution is 1.12. The maximum absolute atomic E-state index is 8.45. The van der Waals surface area contributed by atoms with E-state index in [-0.39, 0.29) is 6.54 Å². The summed E-state index contributed by atoms with van der Waals surface area (Å²) in [6, 6.07) is 8.07. The van der Waals surface area contributed by atoms with Crippen molar-refractivity contribution in [3.63, 3.8) is 0 Å². The van der Waals surface area contributed by atoms with Gasteiger partial charge in [0.15, 0.2) is 0 Å². The Morgan fingerprint density at radius 1 is 1.33 bits per heavy atom. The van der Waals surface area contributed by atoms with Crippen molar-refractivity contribution in [2.45, 2.75) is 6.92 Å². The summed E-state index contributed by atoms with van der Waals surface area (Å²) in [5.41, 5.74) is 3.21. The van der Waals surface area contributed by atoms with Gasteiger partial charge in [-0.2, -0.15) is 5.26 Å². The van der Waals surface area contributed by atoms with Crippen molar-refractivity contribution in [1.29, 1.82) is 5.26 Å². The second-order valence-corrected chi connectivity index (χ2v) is 4.68. The van der Waals surface area contributed by atoms with Gasteiger partial charge in [-0.05, 0) is 30.2 Å². The first-order valence-corrected chi connectivity index (χ1v) is 6.19. The number of halogens is 1. The van der Waals surface area contributed by atoms with Gasteiger partial charge in [-0.3, -0.25) is 0 Å². The van der Waals surface area contributed by atoms with Gasteiger partial charge in [-0.1, -0.05) is 22.0 Å². The number of hydrogen-bond acceptors (Lipinski definition) is 4.